The van der Waals surface area contributed by atoms with Crippen LogP contribution in [0.1, 0.15) is 36.5 Å². The number of anilines is 1. The van der Waals surface area contributed by atoms with E-state index in [1.165, 1.54) is 6.42 Å². The SMILES string of the molecule is CC1CCC(CNc2ncc(C(=O)O)cc2[N+](=O)[O-])C1. The number of aromatic nitrogens is 1. The Morgan fingerprint density at radius 2 is 2.35 bits per heavy atom. The van der Waals surface area contributed by atoms with E-state index in [0.717, 1.165) is 25.1 Å². The summed E-state index contributed by atoms with van der Waals surface area (Å²) in [4.78, 5) is 25.0. The van der Waals surface area contributed by atoms with Crippen molar-refractivity contribution in [1.82, 2.24) is 4.98 Å². The van der Waals surface area contributed by atoms with Crippen LogP contribution in [0.4, 0.5) is 11.5 Å². The zero-order valence-corrected chi connectivity index (χ0v) is 11.2. The summed E-state index contributed by atoms with van der Waals surface area (Å²) in [5.74, 6) is 0.0982. The van der Waals surface area contributed by atoms with E-state index in [1.807, 2.05) is 0 Å². The highest BCUT2D eigenvalue weighted by molar-refractivity contribution is 5.88. The van der Waals surface area contributed by atoms with Crippen LogP contribution in [0.5, 0.6) is 0 Å². The van der Waals surface area contributed by atoms with Crippen LogP contribution in [-0.4, -0.2) is 27.5 Å². The third kappa shape index (κ3) is 3.23. The number of rotatable bonds is 5. The quantitative estimate of drug-likeness (QED) is 0.633. The lowest BCUT2D eigenvalue weighted by atomic mass is 10.1. The first-order valence-corrected chi connectivity index (χ1v) is 6.59. The number of hydrogen-bond donors (Lipinski definition) is 2. The van der Waals surface area contributed by atoms with Crippen LogP contribution in [0.15, 0.2) is 12.3 Å². The number of pyridine rings is 1. The second kappa shape index (κ2) is 5.85. The molecule has 0 saturated heterocycles. The summed E-state index contributed by atoms with van der Waals surface area (Å²) in [7, 11) is 0. The molecule has 108 valence electrons. The molecule has 0 radical (unpaired) electrons. The fraction of sp³-hybridized carbons (Fsp3) is 0.538. The Kier molecular flexibility index (Phi) is 4.16. The van der Waals surface area contributed by atoms with E-state index in [2.05, 4.69) is 17.2 Å². The first-order chi connectivity index (χ1) is 9.47. The lowest BCUT2D eigenvalue weighted by Gasteiger charge is -2.11. The number of hydrogen-bond acceptors (Lipinski definition) is 5. The van der Waals surface area contributed by atoms with Crippen molar-refractivity contribution in [1.29, 1.82) is 0 Å². The molecule has 7 heteroatoms. The fourth-order valence-electron chi connectivity index (χ4n) is 2.60. The summed E-state index contributed by atoms with van der Waals surface area (Å²) in [6.07, 6.45) is 4.53. The summed E-state index contributed by atoms with van der Waals surface area (Å²) in [5, 5.41) is 22.8. The fourth-order valence-corrected chi connectivity index (χ4v) is 2.60. The van der Waals surface area contributed by atoms with E-state index in [4.69, 9.17) is 5.11 Å². The highest BCUT2D eigenvalue weighted by Crippen LogP contribution is 2.31. The van der Waals surface area contributed by atoms with Crippen LogP contribution >= 0.6 is 0 Å². The van der Waals surface area contributed by atoms with Gasteiger partial charge in [0.25, 0.3) is 0 Å². The molecule has 20 heavy (non-hydrogen) atoms. The number of nitro groups is 1. The maximum Gasteiger partial charge on any atom is 0.337 e. The third-order valence-corrected chi connectivity index (χ3v) is 3.67. The molecule has 1 aliphatic rings. The Morgan fingerprint density at radius 3 is 2.90 bits per heavy atom. The first kappa shape index (κ1) is 14.2. The van der Waals surface area contributed by atoms with Gasteiger partial charge in [-0.3, -0.25) is 10.1 Å². The van der Waals surface area contributed by atoms with E-state index in [-0.39, 0.29) is 17.1 Å². The van der Waals surface area contributed by atoms with Gasteiger partial charge in [0.05, 0.1) is 10.5 Å². The average molecular weight is 279 g/mol. The van der Waals surface area contributed by atoms with E-state index < -0.39 is 10.9 Å². The van der Waals surface area contributed by atoms with Crippen LogP contribution in [0.3, 0.4) is 0 Å². The van der Waals surface area contributed by atoms with Crippen molar-refractivity contribution in [2.24, 2.45) is 11.8 Å². The Balaban J connectivity index is 2.10. The molecule has 0 amide bonds. The smallest absolute Gasteiger partial charge is 0.337 e. The van der Waals surface area contributed by atoms with Gasteiger partial charge >= 0.3 is 11.7 Å². The van der Waals surface area contributed by atoms with Crippen LogP contribution < -0.4 is 5.32 Å². The molecule has 1 saturated carbocycles. The predicted octanol–water partition coefficient (Wildman–Crippen LogP) is 2.54. The molecule has 1 heterocycles. The molecule has 2 N–H and O–H groups in total. The van der Waals surface area contributed by atoms with E-state index in [1.54, 1.807) is 0 Å². The summed E-state index contributed by atoms with van der Waals surface area (Å²) in [5.41, 5.74) is -0.479. The molecule has 0 aromatic carbocycles. The van der Waals surface area contributed by atoms with Crippen LogP contribution in [0.25, 0.3) is 0 Å². The van der Waals surface area contributed by atoms with Gasteiger partial charge in [-0.2, -0.15) is 0 Å². The summed E-state index contributed by atoms with van der Waals surface area (Å²) < 4.78 is 0. The highest BCUT2D eigenvalue weighted by Gasteiger charge is 2.23. The predicted molar refractivity (Wildman–Crippen MR) is 72.8 cm³/mol. The van der Waals surface area contributed by atoms with Crippen LogP contribution in [0, 0.1) is 22.0 Å². The molecular formula is C13H17N3O4. The molecule has 1 fully saturated rings. The molecule has 1 aromatic rings. The van der Waals surface area contributed by atoms with Gasteiger partial charge in [0, 0.05) is 18.8 Å². The second-order valence-electron chi connectivity index (χ2n) is 5.32. The van der Waals surface area contributed by atoms with Gasteiger partial charge in [-0.25, -0.2) is 9.78 Å². The monoisotopic (exact) mass is 279 g/mol. The van der Waals surface area contributed by atoms with Gasteiger partial charge in [-0.05, 0) is 24.7 Å². The highest BCUT2D eigenvalue weighted by atomic mass is 16.6. The molecule has 0 spiro atoms. The molecule has 2 atom stereocenters. The Bertz CT molecular complexity index is 532. The maximum atomic E-state index is 11.0. The molecule has 0 aliphatic heterocycles. The Labute approximate surface area is 116 Å². The minimum atomic E-state index is -1.23. The van der Waals surface area contributed by atoms with E-state index in [0.29, 0.717) is 18.4 Å². The van der Waals surface area contributed by atoms with Crippen molar-refractivity contribution < 1.29 is 14.8 Å². The molecular weight excluding hydrogens is 262 g/mol. The molecule has 7 nitrogen and oxygen atoms in total. The molecule has 0 bridgehead atoms. The standard InChI is InChI=1S/C13H17N3O4/c1-8-2-3-9(4-8)6-14-12-11(16(19)20)5-10(7-15-12)13(17)18/h5,7-9H,2-4,6H2,1H3,(H,14,15)(H,17,18). The zero-order chi connectivity index (χ0) is 14.7. The van der Waals surface area contributed by atoms with Crippen LogP contribution in [-0.2, 0) is 0 Å². The van der Waals surface area contributed by atoms with Crippen molar-refractivity contribution in [2.75, 3.05) is 11.9 Å². The van der Waals surface area contributed by atoms with Crippen molar-refractivity contribution in [3.63, 3.8) is 0 Å². The van der Waals surface area contributed by atoms with Gasteiger partial charge in [-0.15, -0.1) is 0 Å². The number of nitrogens with zero attached hydrogens (tertiary/aromatic N) is 2. The lowest BCUT2D eigenvalue weighted by Crippen LogP contribution is -2.14. The molecule has 1 aliphatic carbocycles. The molecule has 2 rings (SSSR count). The van der Waals surface area contributed by atoms with Crippen molar-refractivity contribution >= 4 is 17.5 Å². The number of nitrogens with one attached hydrogen (secondary N) is 1. The van der Waals surface area contributed by atoms with Crippen LogP contribution in [0.2, 0.25) is 0 Å². The van der Waals surface area contributed by atoms with Crippen molar-refractivity contribution in [3.05, 3.63) is 27.9 Å². The Hall–Kier alpha value is -2.18. The van der Waals surface area contributed by atoms with Gasteiger partial charge < -0.3 is 10.4 Å². The van der Waals surface area contributed by atoms with Gasteiger partial charge in [0.2, 0.25) is 5.82 Å². The molecule has 1 aromatic heterocycles. The van der Waals surface area contributed by atoms with Crippen molar-refractivity contribution in [3.8, 4) is 0 Å². The third-order valence-electron chi connectivity index (χ3n) is 3.67. The topological polar surface area (TPSA) is 105 Å². The maximum absolute atomic E-state index is 11.0. The van der Waals surface area contributed by atoms with Gasteiger partial charge in [-0.1, -0.05) is 13.3 Å². The Morgan fingerprint density at radius 1 is 1.60 bits per heavy atom. The summed E-state index contributed by atoms with van der Waals surface area (Å²) in [6, 6.07) is 1.04. The van der Waals surface area contributed by atoms with Gasteiger partial charge in [0.1, 0.15) is 0 Å². The van der Waals surface area contributed by atoms with Crippen molar-refractivity contribution in [2.45, 2.75) is 26.2 Å². The first-order valence-electron chi connectivity index (χ1n) is 6.59. The minimum Gasteiger partial charge on any atom is -0.478 e. The lowest BCUT2D eigenvalue weighted by molar-refractivity contribution is -0.384. The molecule has 2 unspecified atom stereocenters. The number of carboxylic acids is 1. The number of aromatic carboxylic acids is 1. The largest absolute Gasteiger partial charge is 0.478 e. The second-order valence-corrected chi connectivity index (χ2v) is 5.32. The minimum absolute atomic E-state index is 0.138. The number of carbonyl (C=O) groups is 1. The van der Waals surface area contributed by atoms with E-state index in [9.17, 15) is 14.9 Å². The van der Waals surface area contributed by atoms with Gasteiger partial charge in [0.15, 0.2) is 0 Å². The normalized spacial score (nSPS) is 21.6. The number of carboxylic acid groups (broad SMARTS) is 1. The zero-order valence-electron chi connectivity index (χ0n) is 11.2. The summed E-state index contributed by atoms with van der Waals surface area (Å²) >= 11 is 0. The van der Waals surface area contributed by atoms with E-state index >= 15 is 0 Å². The summed E-state index contributed by atoms with van der Waals surface area (Å²) in [6.45, 7) is 2.83. The average Bonchev–Trinajstić information content (AvgIpc) is 2.81.